The molecule has 56 heavy (non-hydrogen) atoms. The Morgan fingerprint density at radius 2 is 0.875 bits per heavy atom. The predicted octanol–water partition coefficient (Wildman–Crippen LogP) is 15.4. The molecule has 0 saturated carbocycles. The molecule has 10 aromatic rings. The summed E-state index contributed by atoms with van der Waals surface area (Å²) in [5.41, 5.74) is 13.6. The Morgan fingerprint density at radius 1 is 0.321 bits per heavy atom. The third kappa shape index (κ3) is 5.01. The Labute approximate surface area is 327 Å². The number of rotatable bonds is 5. The Hall–Kier alpha value is -6.96. The molecule has 1 nitrogen and oxygen atoms in total. The van der Waals surface area contributed by atoms with Crippen molar-refractivity contribution in [3.05, 3.63) is 211 Å². The predicted molar refractivity (Wildman–Crippen MR) is 240 cm³/mol. The van der Waals surface area contributed by atoms with Crippen LogP contribution >= 0.6 is 0 Å². The molecule has 0 aromatic heterocycles. The first-order valence-electron chi connectivity index (χ1n) is 19.6. The minimum Gasteiger partial charge on any atom is -0.310 e. The van der Waals surface area contributed by atoms with E-state index in [-0.39, 0.29) is 5.41 Å². The van der Waals surface area contributed by atoms with Crippen LogP contribution in [-0.4, -0.2) is 0 Å². The maximum atomic E-state index is 2.45. The minimum absolute atomic E-state index is 0.0578. The number of fused-ring (bicyclic) bond motifs is 9. The van der Waals surface area contributed by atoms with E-state index in [1.54, 1.807) is 0 Å². The van der Waals surface area contributed by atoms with E-state index in [4.69, 9.17) is 0 Å². The molecule has 0 unspecified atom stereocenters. The second-order valence-electron chi connectivity index (χ2n) is 15.7. The van der Waals surface area contributed by atoms with Crippen molar-refractivity contribution in [2.75, 3.05) is 4.90 Å². The first-order valence-corrected chi connectivity index (χ1v) is 19.6. The summed E-state index contributed by atoms with van der Waals surface area (Å²) >= 11 is 0. The molecule has 264 valence electrons. The quantitative estimate of drug-likeness (QED) is 0.161. The first-order chi connectivity index (χ1) is 27.5. The van der Waals surface area contributed by atoms with Gasteiger partial charge < -0.3 is 4.90 Å². The fraction of sp³-hybridized carbons (Fsp3) is 0.0545. The van der Waals surface area contributed by atoms with Gasteiger partial charge in [-0.3, -0.25) is 0 Å². The molecule has 0 fully saturated rings. The van der Waals surface area contributed by atoms with Gasteiger partial charge in [0.25, 0.3) is 0 Å². The molecule has 0 aliphatic heterocycles. The van der Waals surface area contributed by atoms with Crippen LogP contribution in [0.1, 0.15) is 25.0 Å². The van der Waals surface area contributed by atoms with Gasteiger partial charge in [0, 0.05) is 22.4 Å². The lowest BCUT2D eigenvalue weighted by molar-refractivity contribution is 0.660. The lowest BCUT2D eigenvalue weighted by Gasteiger charge is -2.29. The molecule has 11 rings (SSSR count). The van der Waals surface area contributed by atoms with Crippen molar-refractivity contribution in [2.24, 2.45) is 0 Å². The van der Waals surface area contributed by atoms with Crippen molar-refractivity contribution in [1.29, 1.82) is 0 Å². The van der Waals surface area contributed by atoms with Gasteiger partial charge in [-0.05, 0) is 118 Å². The molecule has 0 saturated heterocycles. The van der Waals surface area contributed by atoms with Crippen LogP contribution in [0.2, 0.25) is 0 Å². The Morgan fingerprint density at radius 3 is 1.70 bits per heavy atom. The summed E-state index contributed by atoms with van der Waals surface area (Å²) in [5.74, 6) is 0. The second-order valence-corrected chi connectivity index (χ2v) is 15.7. The maximum Gasteiger partial charge on any atom is 0.0540 e. The standard InChI is InChI=1S/C55H39N/c1-55(2)52-20-9-7-17-49(52)51-35-42(29-33-53(51)55)56(54-21-10-8-18-50(54)46-19-11-14-37-12-3-5-15-43(37)46)41-27-22-36(23-28-41)39-25-30-45-40(34-39)26-32-47-44-16-6-4-13-38(44)24-31-48(45)47/h3-35H,1-2H3. The van der Waals surface area contributed by atoms with E-state index in [1.165, 1.54) is 87.6 Å². The maximum absolute atomic E-state index is 2.45. The number of para-hydroxylation sites is 1. The highest BCUT2D eigenvalue weighted by Gasteiger charge is 2.35. The molecule has 0 heterocycles. The number of hydrogen-bond acceptors (Lipinski definition) is 1. The van der Waals surface area contributed by atoms with Crippen LogP contribution in [-0.2, 0) is 5.41 Å². The second kappa shape index (κ2) is 12.5. The summed E-state index contributed by atoms with van der Waals surface area (Å²) in [6.45, 7) is 4.70. The van der Waals surface area contributed by atoms with Crippen LogP contribution in [0.15, 0.2) is 200 Å². The van der Waals surface area contributed by atoms with Crippen LogP contribution in [0.4, 0.5) is 17.1 Å². The van der Waals surface area contributed by atoms with Crippen molar-refractivity contribution < 1.29 is 0 Å². The molecular formula is C55H39N. The van der Waals surface area contributed by atoms with Gasteiger partial charge in [-0.25, -0.2) is 0 Å². The zero-order valence-electron chi connectivity index (χ0n) is 31.5. The molecule has 0 N–H and O–H groups in total. The largest absolute Gasteiger partial charge is 0.310 e. The minimum atomic E-state index is -0.0578. The van der Waals surface area contributed by atoms with Crippen molar-refractivity contribution >= 4 is 60.2 Å². The zero-order chi connectivity index (χ0) is 37.4. The van der Waals surface area contributed by atoms with Gasteiger partial charge >= 0.3 is 0 Å². The van der Waals surface area contributed by atoms with Crippen LogP contribution < -0.4 is 4.90 Å². The molecule has 0 atom stereocenters. The molecule has 1 aliphatic rings. The average molecular weight is 714 g/mol. The SMILES string of the molecule is CC1(C)c2ccccc2-c2cc(N(c3ccc(-c4ccc5c(ccc6c7ccccc7ccc56)c4)cc3)c3ccccc3-c3cccc4ccccc34)ccc21. The summed E-state index contributed by atoms with van der Waals surface area (Å²) < 4.78 is 0. The molecule has 0 radical (unpaired) electrons. The normalized spacial score (nSPS) is 13.0. The lowest BCUT2D eigenvalue weighted by atomic mass is 9.82. The van der Waals surface area contributed by atoms with Crippen LogP contribution in [0.5, 0.6) is 0 Å². The van der Waals surface area contributed by atoms with Crippen molar-refractivity contribution in [3.8, 4) is 33.4 Å². The molecule has 1 aliphatic carbocycles. The number of anilines is 3. The molecular weight excluding hydrogens is 675 g/mol. The highest BCUT2D eigenvalue weighted by molar-refractivity contribution is 6.17. The summed E-state index contributed by atoms with van der Waals surface area (Å²) in [6, 6.07) is 74.0. The lowest BCUT2D eigenvalue weighted by Crippen LogP contribution is -2.15. The highest BCUT2D eigenvalue weighted by atomic mass is 15.1. The summed E-state index contributed by atoms with van der Waals surface area (Å²) in [6.07, 6.45) is 0. The molecule has 0 bridgehead atoms. The molecule has 0 spiro atoms. The summed E-state index contributed by atoms with van der Waals surface area (Å²) in [5, 5.41) is 10.2. The monoisotopic (exact) mass is 713 g/mol. The summed E-state index contributed by atoms with van der Waals surface area (Å²) in [4.78, 5) is 2.45. The fourth-order valence-electron chi connectivity index (χ4n) is 9.44. The Balaban J connectivity index is 1.06. The number of benzene rings is 10. The Bertz CT molecular complexity index is 3160. The van der Waals surface area contributed by atoms with Gasteiger partial charge in [-0.15, -0.1) is 0 Å². The molecule has 0 amide bonds. The average Bonchev–Trinajstić information content (AvgIpc) is 3.49. The zero-order valence-corrected chi connectivity index (χ0v) is 31.5. The van der Waals surface area contributed by atoms with Gasteiger partial charge in [-0.2, -0.15) is 0 Å². The number of hydrogen-bond donors (Lipinski definition) is 0. The smallest absolute Gasteiger partial charge is 0.0540 e. The van der Waals surface area contributed by atoms with E-state index >= 15 is 0 Å². The van der Waals surface area contributed by atoms with Crippen molar-refractivity contribution in [1.82, 2.24) is 0 Å². The van der Waals surface area contributed by atoms with E-state index < -0.39 is 0 Å². The molecule has 1 heteroatoms. The topological polar surface area (TPSA) is 3.24 Å². The van der Waals surface area contributed by atoms with Crippen LogP contribution in [0.3, 0.4) is 0 Å². The van der Waals surface area contributed by atoms with Gasteiger partial charge in [0.15, 0.2) is 0 Å². The van der Waals surface area contributed by atoms with Crippen molar-refractivity contribution in [3.63, 3.8) is 0 Å². The van der Waals surface area contributed by atoms with Gasteiger partial charge in [0.1, 0.15) is 0 Å². The van der Waals surface area contributed by atoms with Gasteiger partial charge in [0.2, 0.25) is 0 Å². The highest BCUT2D eigenvalue weighted by Crippen LogP contribution is 2.51. The third-order valence-corrected chi connectivity index (χ3v) is 12.3. The first kappa shape index (κ1) is 32.5. The van der Waals surface area contributed by atoms with Gasteiger partial charge in [-0.1, -0.05) is 178 Å². The van der Waals surface area contributed by atoms with E-state index in [9.17, 15) is 0 Å². The molecule has 10 aromatic carbocycles. The summed E-state index contributed by atoms with van der Waals surface area (Å²) in [7, 11) is 0. The van der Waals surface area contributed by atoms with Gasteiger partial charge in [0.05, 0.1) is 5.69 Å². The van der Waals surface area contributed by atoms with E-state index in [0.29, 0.717) is 0 Å². The van der Waals surface area contributed by atoms with Crippen molar-refractivity contribution in [2.45, 2.75) is 19.3 Å². The third-order valence-electron chi connectivity index (χ3n) is 12.3. The fourth-order valence-corrected chi connectivity index (χ4v) is 9.44. The van der Waals surface area contributed by atoms with E-state index in [1.807, 2.05) is 0 Å². The van der Waals surface area contributed by atoms with Crippen LogP contribution in [0, 0.1) is 0 Å². The Kier molecular flexibility index (Phi) is 7.28. The number of nitrogens with zero attached hydrogens (tertiary/aromatic N) is 1. The van der Waals surface area contributed by atoms with E-state index in [2.05, 4.69) is 219 Å². The van der Waals surface area contributed by atoms with E-state index in [0.717, 1.165) is 17.1 Å². The van der Waals surface area contributed by atoms with Crippen LogP contribution in [0.25, 0.3) is 76.5 Å².